The molecule has 1 atom stereocenters. The van der Waals surface area contributed by atoms with Crippen LogP contribution in [0.2, 0.25) is 0 Å². The van der Waals surface area contributed by atoms with Gasteiger partial charge < -0.3 is 19.9 Å². The van der Waals surface area contributed by atoms with Crippen molar-refractivity contribution in [1.29, 1.82) is 0 Å². The summed E-state index contributed by atoms with van der Waals surface area (Å²) in [6, 6.07) is 0.360. The van der Waals surface area contributed by atoms with Gasteiger partial charge in [0.25, 0.3) is 0 Å². The first-order chi connectivity index (χ1) is 7.06. The second-order valence-corrected chi connectivity index (χ2v) is 3.60. The van der Waals surface area contributed by atoms with Crippen molar-refractivity contribution in [3.8, 4) is 0 Å². The number of aldehydes is 1. The molecule has 2 amide bonds. The van der Waals surface area contributed by atoms with Crippen molar-refractivity contribution in [3.05, 3.63) is 0 Å². The molecular weight excluding hydrogens is 194 g/mol. The number of rotatable bonds is 0. The van der Waals surface area contributed by atoms with E-state index in [2.05, 4.69) is 24.2 Å². The number of nitrogens with zero attached hydrogens (tertiary/aromatic N) is 2. The normalized spacial score (nSPS) is 21.3. The number of amides is 2. The Labute approximate surface area is 91.4 Å². The Kier molecular flexibility index (Phi) is 6.70. The molecule has 0 bridgehead atoms. The van der Waals surface area contributed by atoms with E-state index >= 15 is 0 Å². The molecule has 88 valence electrons. The van der Waals surface area contributed by atoms with Crippen LogP contribution >= 0.6 is 0 Å². The fourth-order valence-electron chi connectivity index (χ4n) is 1.59. The van der Waals surface area contributed by atoms with Crippen LogP contribution in [0.15, 0.2) is 0 Å². The molecule has 0 spiro atoms. The third kappa shape index (κ3) is 4.78. The van der Waals surface area contributed by atoms with Gasteiger partial charge in [0.2, 0.25) is 0 Å². The Morgan fingerprint density at radius 1 is 1.47 bits per heavy atom. The van der Waals surface area contributed by atoms with Gasteiger partial charge >= 0.3 is 6.03 Å². The van der Waals surface area contributed by atoms with Crippen molar-refractivity contribution >= 4 is 12.3 Å². The minimum atomic E-state index is 0.0376. The largest absolute Gasteiger partial charge is 0.341 e. The van der Waals surface area contributed by atoms with E-state index in [0.717, 1.165) is 25.9 Å². The number of urea groups is 1. The van der Waals surface area contributed by atoms with Gasteiger partial charge in [0, 0.05) is 32.7 Å². The molecule has 1 unspecified atom stereocenters. The average molecular weight is 215 g/mol. The molecule has 5 nitrogen and oxygen atoms in total. The smallest absolute Gasteiger partial charge is 0.317 e. The molecule has 1 saturated heterocycles. The second kappa shape index (κ2) is 7.23. The van der Waals surface area contributed by atoms with E-state index in [0.29, 0.717) is 6.04 Å². The van der Waals surface area contributed by atoms with Gasteiger partial charge in [0.05, 0.1) is 0 Å². The Morgan fingerprint density at radius 3 is 2.40 bits per heavy atom. The topological polar surface area (TPSA) is 52.7 Å². The number of hydrogen-bond acceptors (Lipinski definition) is 3. The van der Waals surface area contributed by atoms with Crippen LogP contribution in [0.3, 0.4) is 0 Å². The highest BCUT2D eigenvalue weighted by molar-refractivity contribution is 5.74. The summed E-state index contributed by atoms with van der Waals surface area (Å²) < 4.78 is 0. The van der Waals surface area contributed by atoms with E-state index < -0.39 is 0 Å². The van der Waals surface area contributed by atoms with Crippen LogP contribution in [0, 0.1) is 0 Å². The van der Waals surface area contributed by atoms with Crippen LogP contribution in [0.5, 0.6) is 0 Å². The summed E-state index contributed by atoms with van der Waals surface area (Å²) in [5.41, 5.74) is 0. The lowest BCUT2D eigenvalue weighted by Gasteiger charge is -2.37. The van der Waals surface area contributed by atoms with Gasteiger partial charge in [-0.05, 0) is 20.9 Å². The molecule has 1 N–H and O–H groups in total. The van der Waals surface area contributed by atoms with Crippen LogP contribution in [0.25, 0.3) is 0 Å². The first kappa shape index (κ1) is 13.9. The molecule has 1 aliphatic rings. The van der Waals surface area contributed by atoms with Crippen molar-refractivity contribution in [1.82, 2.24) is 15.1 Å². The van der Waals surface area contributed by atoms with Crippen molar-refractivity contribution in [2.24, 2.45) is 0 Å². The third-order valence-electron chi connectivity index (χ3n) is 2.31. The standard InChI is InChI=1S/C8H17N3O.C2H4O/c1-7-6-10(3)4-5-11(7)8(12)9-2;1-2-3/h7H,4-6H2,1-3H3,(H,9,12);2H,1H3. The van der Waals surface area contributed by atoms with Crippen LogP contribution in [-0.2, 0) is 4.79 Å². The van der Waals surface area contributed by atoms with Gasteiger partial charge in [-0.15, -0.1) is 0 Å². The predicted molar refractivity (Wildman–Crippen MR) is 59.9 cm³/mol. The van der Waals surface area contributed by atoms with Crippen LogP contribution in [-0.4, -0.2) is 61.9 Å². The molecule has 0 aliphatic carbocycles. The molecule has 0 aromatic rings. The number of piperazine rings is 1. The van der Waals surface area contributed by atoms with Crippen molar-refractivity contribution in [2.45, 2.75) is 19.9 Å². The summed E-state index contributed by atoms with van der Waals surface area (Å²) in [6.45, 7) is 6.29. The minimum absolute atomic E-state index is 0.0376. The number of carbonyl (C=O) groups is 2. The SMILES string of the molecule is CC=O.CNC(=O)N1CCN(C)CC1C. The quantitative estimate of drug-likeness (QED) is 0.586. The Bertz CT molecular complexity index is 209. The molecule has 0 saturated carbocycles. The molecule has 1 aliphatic heterocycles. The fraction of sp³-hybridized carbons (Fsp3) is 0.800. The number of hydrogen-bond donors (Lipinski definition) is 1. The zero-order chi connectivity index (χ0) is 11.8. The zero-order valence-corrected chi connectivity index (χ0v) is 9.99. The molecule has 1 rings (SSSR count). The maximum Gasteiger partial charge on any atom is 0.317 e. The van der Waals surface area contributed by atoms with Crippen molar-refractivity contribution < 1.29 is 9.59 Å². The Balaban J connectivity index is 0.000000583. The number of nitrogens with one attached hydrogen (secondary N) is 1. The molecule has 0 aromatic carbocycles. The molecule has 0 aromatic heterocycles. The Hall–Kier alpha value is -1.10. The van der Waals surface area contributed by atoms with Gasteiger partial charge in [-0.1, -0.05) is 0 Å². The molecule has 15 heavy (non-hydrogen) atoms. The highest BCUT2D eigenvalue weighted by atomic mass is 16.2. The van der Waals surface area contributed by atoms with E-state index in [1.165, 1.54) is 6.92 Å². The van der Waals surface area contributed by atoms with E-state index in [9.17, 15) is 4.79 Å². The first-order valence-electron chi connectivity index (χ1n) is 5.13. The molecule has 0 radical (unpaired) electrons. The molecule has 1 heterocycles. The second-order valence-electron chi connectivity index (χ2n) is 3.60. The molecule has 5 heteroatoms. The maximum absolute atomic E-state index is 11.3. The number of likely N-dealkylation sites (N-methyl/N-ethyl adjacent to an activating group) is 1. The van der Waals surface area contributed by atoms with Crippen molar-refractivity contribution in [2.75, 3.05) is 33.7 Å². The summed E-state index contributed by atoms with van der Waals surface area (Å²) >= 11 is 0. The average Bonchev–Trinajstić information content (AvgIpc) is 2.18. The summed E-state index contributed by atoms with van der Waals surface area (Å²) in [5.74, 6) is 0. The molecular formula is C10H21N3O2. The van der Waals surface area contributed by atoms with Gasteiger partial charge in [0.15, 0.2) is 0 Å². The summed E-state index contributed by atoms with van der Waals surface area (Å²) in [6.07, 6.45) is 0.750. The van der Waals surface area contributed by atoms with Crippen molar-refractivity contribution in [3.63, 3.8) is 0 Å². The zero-order valence-electron chi connectivity index (χ0n) is 9.99. The van der Waals surface area contributed by atoms with E-state index in [-0.39, 0.29) is 6.03 Å². The predicted octanol–water partition coefficient (Wildman–Crippen LogP) is 0.167. The lowest BCUT2D eigenvalue weighted by molar-refractivity contribution is -0.106. The van der Waals surface area contributed by atoms with Crippen LogP contribution in [0.1, 0.15) is 13.8 Å². The maximum atomic E-state index is 11.3. The van der Waals surface area contributed by atoms with Gasteiger partial charge in [-0.2, -0.15) is 0 Å². The number of carbonyl (C=O) groups excluding carboxylic acids is 2. The monoisotopic (exact) mass is 215 g/mol. The summed E-state index contributed by atoms with van der Waals surface area (Å²) in [7, 11) is 3.76. The first-order valence-corrected chi connectivity index (χ1v) is 5.13. The van der Waals surface area contributed by atoms with Gasteiger partial charge in [0.1, 0.15) is 6.29 Å². The van der Waals surface area contributed by atoms with Gasteiger partial charge in [-0.3, -0.25) is 0 Å². The summed E-state index contributed by atoms with van der Waals surface area (Å²) in [4.78, 5) is 24.2. The lowest BCUT2D eigenvalue weighted by atomic mass is 10.2. The van der Waals surface area contributed by atoms with E-state index in [1.807, 2.05) is 4.90 Å². The molecule has 1 fully saturated rings. The highest BCUT2D eigenvalue weighted by Gasteiger charge is 2.24. The summed E-state index contributed by atoms with van der Waals surface area (Å²) in [5, 5.41) is 2.65. The minimum Gasteiger partial charge on any atom is -0.341 e. The lowest BCUT2D eigenvalue weighted by Crippen LogP contribution is -2.54. The van der Waals surface area contributed by atoms with Crippen LogP contribution < -0.4 is 5.32 Å². The third-order valence-corrected chi connectivity index (χ3v) is 2.31. The van der Waals surface area contributed by atoms with Crippen LogP contribution in [0.4, 0.5) is 4.79 Å². The van der Waals surface area contributed by atoms with E-state index in [1.54, 1.807) is 7.05 Å². The Morgan fingerprint density at radius 2 is 2.00 bits per heavy atom. The fourth-order valence-corrected chi connectivity index (χ4v) is 1.59. The van der Waals surface area contributed by atoms with E-state index in [4.69, 9.17) is 4.79 Å². The van der Waals surface area contributed by atoms with Gasteiger partial charge in [-0.25, -0.2) is 4.79 Å². The highest BCUT2D eigenvalue weighted by Crippen LogP contribution is 2.07.